The van der Waals surface area contributed by atoms with Crippen molar-refractivity contribution in [2.24, 2.45) is 0 Å². The monoisotopic (exact) mass is 394 g/mol. The highest BCUT2D eigenvalue weighted by atomic mass is 16.5. The molecular formula is C23H18N6O. The third-order valence-electron chi connectivity index (χ3n) is 4.66. The number of aromatic nitrogens is 5. The second-order valence-corrected chi connectivity index (χ2v) is 6.62. The Morgan fingerprint density at radius 3 is 2.60 bits per heavy atom. The quantitative estimate of drug-likeness (QED) is 0.420. The average Bonchev–Trinajstić information content (AvgIpc) is 3.30. The van der Waals surface area contributed by atoms with Crippen molar-refractivity contribution in [2.45, 2.75) is 6.61 Å². The van der Waals surface area contributed by atoms with Crippen molar-refractivity contribution < 1.29 is 4.74 Å². The maximum Gasteiger partial charge on any atom is 0.167 e. The van der Waals surface area contributed by atoms with Crippen LogP contribution in [0.5, 0.6) is 5.75 Å². The molecule has 3 aromatic heterocycles. The topological polar surface area (TPSA) is 68.4 Å². The van der Waals surface area contributed by atoms with Crippen LogP contribution in [-0.4, -0.2) is 24.6 Å². The first-order valence-electron chi connectivity index (χ1n) is 9.49. The summed E-state index contributed by atoms with van der Waals surface area (Å²) >= 11 is 0. The zero-order valence-electron chi connectivity index (χ0n) is 16.0. The Bertz CT molecular complexity index is 1260. The third kappa shape index (κ3) is 3.56. The highest BCUT2D eigenvalue weighted by molar-refractivity contribution is 5.83. The minimum Gasteiger partial charge on any atom is -0.489 e. The molecule has 0 saturated carbocycles. The highest BCUT2D eigenvalue weighted by Gasteiger charge is 2.18. The molecule has 7 nitrogen and oxygen atoms in total. The zero-order valence-corrected chi connectivity index (χ0v) is 16.0. The van der Waals surface area contributed by atoms with Crippen LogP contribution in [0, 0.1) is 0 Å². The van der Waals surface area contributed by atoms with Crippen LogP contribution in [0.3, 0.4) is 0 Å². The lowest BCUT2D eigenvalue weighted by molar-refractivity contribution is 0.306. The van der Waals surface area contributed by atoms with Crippen LogP contribution in [0.2, 0.25) is 0 Å². The van der Waals surface area contributed by atoms with E-state index in [1.807, 2.05) is 71.6 Å². The lowest BCUT2D eigenvalue weighted by Crippen LogP contribution is -2.13. The van der Waals surface area contributed by atoms with E-state index in [4.69, 9.17) is 4.74 Å². The molecular weight excluding hydrogens is 376 g/mol. The summed E-state index contributed by atoms with van der Waals surface area (Å²) in [5.74, 6) is 1.49. The molecule has 0 bridgehead atoms. The summed E-state index contributed by atoms with van der Waals surface area (Å²) in [6.07, 6.45) is 8.44. The molecule has 30 heavy (non-hydrogen) atoms. The molecule has 0 saturated heterocycles. The van der Waals surface area contributed by atoms with Gasteiger partial charge >= 0.3 is 0 Å². The highest BCUT2D eigenvalue weighted by Crippen LogP contribution is 2.36. The van der Waals surface area contributed by atoms with E-state index in [1.54, 1.807) is 29.4 Å². The number of ether oxygens (including phenoxy) is 1. The second-order valence-electron chi connectivity index (χ2n) is 6.62. The van der Waals surface area contributed by atoms with Gasteiger partial charge in [0.1, 0.15) is 30.5 Å². The van der Waals surface area contributed by atoms with Crippen molar-refractivity contribution >= 4 is 22.7 Å². The second kappa shape index (κ2) is 8.00. The van der Waals surface area contributed by atoms with E-state index >= 15 is 0 Å². The fourth-order valence-corrected chi connectivity index (χ4v) is 3.26. The van der Waals surface area contributed by atoms with E-state index in [2.05, 4.69) is 20.1 Å². The van der Waals surface area contributed by atoms with Gasteiger partial charge in [0.15, 0.2) is 5.82 Å². The Hall–Kier alpha value is -4.26. The summed E-state index contributed by atoms with van der Waals surface area (Å²) in [6.45, 7) is 0.500. The summed E-state index contributed by atoms with van der Waals surface area (Å²) in [6, 6.07) is 21.9. The fourth-order valence-electron chi connectivity index (χ4n) is 3.26. The van der Waals surface area contributed by atoms with Crippen LogP contribution in [0.4, 0.5) is 17.2 Å². The standard InChI is InChI=1S/C23H18N6O/c1-2-5-18(6-3-1)15-30-21-8-4-7-20(13-21)29(19-9-11-24-12-10-19)23-22-14-25-17-28(22)27-16-26-23/h1-14,16-17H,15H2. The van der Waals surface area contributed by atoms with Crippen LogP contribution < -0.4 is 9.64 Å². The number of hydrogen-bond donors (Lipinski definition) is 0. The number of fused-ring (bicyclic) bond motifs is 1. The zero-order chi connectivity index (χ0) is 20.2. The van der Waals surface area contributed by atoms with Crippen LogP contribution in [-0.2, 0) is 6.61 Å². The van der Waals surface area contributed by atoms with Gasteiger partial charge in [-0.05, 0) is 29.8 Å². The summed E-state index contributed by atoms with van der Waals surface area (Å²) in [7, 11) is 0. The number of nitrogens with zero attached hydrogens (tertiary/aromatic N) is 6. The van der Waals surface area contributed by atoms with Crippen LogP contribution in [0.25, 0.3) is 5.52 Å². The minimum absolute atomic E-state index is 0.500. The predicted molar refractivity (Wildman–Crippen MR) is 114 cm³/mol. The summed E-state index contributed by atoms with van der Waals surface area (Å²) < 4.78 is 7.74. The minimum atomic E-state index is 0.500. The van der Waals surface area contributed by atoms with E-state index in [-0.39, 0.29) is 0 Å². The van der Waals surface area contributed by atoms with Gasteiger partial charge in [-0.2, -0.15) is 5.10 Å². The number of rotatable bonds is 6. The van der Waals surface area contributed by atoms with Crippen molar-refractivity contribution in [1.82, 2.24) is 24.6 Å². The predicted octanol–water partition coefficient (Wildman–Crippen LogP) is 4.57. The number of anilines is 3. The fraction of sp³-hybridized carbons (Fsp3) is 0.0435. The molecule has 3 heterocycles. The van der Waals surface area contributed by atoms with Gasteiger partial charge in [0.2, 0.25) is 0 Å². The molecule has 7 heteroatoms. The third-order valence-corrected chi connectivity index (χ3v) is 4.66. The molecule has 0 radical (unpaired) electrons. The molecule has 0 N–H and O–H groups in total. The first kappa shape index (κ1) is 17.8. The summed E-state index contributed by atoms with van der Waals surface area (Å²) in [5.41, 5.74) is 3.75. The molecule has 0 aliphatic carbocycles. The van der Waals surface area contributed by atoms with E-state index in [0.717, 1.165) is 28.2 Å². The lowest BCUT2D eigenvalue weighted by atomic mass is 10.2. The molecule has 0 aliphatic heterocycles. The molecule has 0 aliphatic rings. The van der Waals surface area contributed by atoms with Gasteiger partial charge in [0.25, 0.3) is 0 Å². The van der Waals surface area contributed by atoms with E-state index in [9.17, 15) is 0 Å². The normalized spacial score (nSPS) is 10.8. The molecule has 0 fully saturated rings. The number of imidazole rings is 1. The summed E-state index contributed by atoms with van der Waals surface area (Å²) in [5, 5.41) is 4.23. The van der Waals surface area contributed by atoms with Crippen molar-refractivity contribution in [3.05, 3.63) is 104 Å². The first-order valence-corrected chi connectivity index (χ1v) is 9.49. The number of benzene rings is 2. The van der Waals surface area contributed by atoms with Gasteiger partial charge in [-0.15, -0.1) is 0 Å². The van der Waals surface area contributed by atoms with Crippen LogP contribution >= 0.6 is 0 Å². The Morgan fingerprint density at radius 1 is 0.867 bits per heavy atom. The molecule has 0 spiro atoms. The molecule has 5 rings (SSSR count). The SMILES string of the molecule is c1ccc(COc2cccc(N(c3ccncc3)c3ncnn4cncc34)c2)cc1. The number of pyridine rings is 1. The van der Waals surface area contributed by atoms with Crippen LogP contribution in [0.15, 0.2) is 98.0 Å². The maximum absolute atomic E-state index is 6.04. The van der Waals surface area contributed by atoms with Gasteiger partial charge in [0.05, 0.1) is 17.6 Å². The molecule has 5 aromatic rings. The Labute approximate surface area is 173 Å². The average molecular weight is 394 g/mol. The van der Waals surface area contributed by atoms with Gasteiger partial charge in [-0.1, -0.05) is 36.4 Å². The van der Waals surface area contributed by atoms with Gasteiger partial charge in [-0.3, -0.25) is 9.88 Å². The van der Waals surface area contributed by atoms with Crippen LogP contribution in [0.1, 0.15) is 5.56 Å². The van der Waals surface area contributed by atoms with Crippen molar-refractivity contribution in [1.29, 1.82) is 0 Å². The summed E-state index contributed by atoms with van der Waals surface area (Å²) in [4.78, 5) is 14.9. The number of hydrogen-bond acceptors (Lipinski definition) is 6. The van der Waals surface area contributed by atoms with Crippen molar-refractivity contribution in [3.63, 3.8) is 0 Å². The lowest BCUT2D eigenvalue weighted by Gasteiger charge is -2.24. The van der Waals surface area contributed by atoms with Gasteiger partial charge < -0.3 is 4.74 Å². The van der Waals surface area contributed by atoms with E-state index in [1.165, 1.54) is 6.33 Å². The Kier molecular flexibility index (Phi) is 4.75. The smallest absolute Gasteiger partial charge is 0.167 e. The molecule has 2 aromatic carbocycles. The van der Waals surface area contributed by atoms with Crippen molar-refractivity contribution in [2.75, 3.05) is 4.90 Å². The Morgan fingerprint density at radius 2 is 1.73 bits per heavy atom. The van der Waals surface area contributed by atoms with E-state index < -0.39 is 0 Å². The maximum atomic E-state index is 6.04. The van der Waals surface area contributed by atoms with Gasteiger partial charge in [-0.25, -0.2) is 14.5 Å². The molecule has 0 atom stereocenters. The first-order chi connectivity index (χ1) is 14.9. The van der Waals surface area contributed by atoms with Gasteiger partial charge in [0, 0.05) is 18.5 Å². The molecule has 0 unspecified atom stereocenters. The van der Waals surface area contributed by atoms with Crippen molar-refractivity contribution in [3.8, 4) is 5.75 Å². The Balaban J connectivity index is 1.55. The molecule has 0 amide bonds. The largest absolute Gasteiger partial charge is 0.489 e. The van der Waals surface area contributed by atoms with E-state index in [0.29, 0.717) is 12.4 Å². The molecule has 146 valence electrons.